The van der Waals surface area contributed by atoms with E-state index in [1.165, 1.54) is 4.90 Å². The maximum Gasteiger partial charge on any atom is 0.254 e. The van der Waals surface area contributed by atoms with Crippen LogP contribution in [0.3, 0.4) is 0 Å². The number of carbonyl (C=O) groups excluding carboxylic acids is 2. The fourth-order valence-electron chi connectivity index (χ4n) is 2.21. The Morgan fingerprint density at radius 2 is 1.80 bits per heavy atom. The normalized spacial score (nSPS) is 11.0. The van der Waals surface area contributed by atoms with Gasteiger partial charge in [-0.1, -0.05) is 6.92 Å². The van der Waals surface area contributed by atoms with Gasteiger partial charge in [-0.05, 0) is 52.3 Å². The minimum Gasteiger partial charge on any atom is -0.490 e. The fourth-order valence-corrected chi connectivity index (χ4v) is 2.21. The Balaban J connectivity index is 2.86. The van der Waals surface area contributed by atoms with Crippen LogP contribution in [0.1, 0.15) is 51.4 Å². The lowest BCUT2D eigenvalue weighted by atomic mass is 10.1. The molecule has 6 heteroatoms. The molecule has 0 heterocycles. The van der Waals surface area contributed by atoms with Crippen molar-refractivity contribution in [3.05, 3.63) is 23.8 Å². The third-order valence-corrected chi connectivity index (χ3v) is 3.19. The zero-order valence-corrected chi connectivity index (χ0v) is 16.1. The first-order chi connectivity index (χ1) is 11.7. The van der Waals surface area contributed by atoms with Crippen molar-refractivity contribution in [1.29, 1.82) is 0 Å². The second-order valence-electron chi connectivity index (χ2n) is 6.90. The van der Waals surface area contributed by atoms with E-state index < -0.39 is 0 Å². The Labute approximate surface area is 150 Å². The molecular weight excluding hydrogens is 320 g/mol. The summed E-state index contributed by atoms with van der Waals surface area (Å²) in [5, 5.41) is 2.84. The van der Waals surface area contributed by atoms with E-state index in [0.29, 0.717) is 30.3 Å². The van der Waals surface area contributed by atoms with Gasteiger partial charge in [-0.3, -0.25) is 9.59 Å². The van der Waals surface area contributed by atoms with E-state index in [1.54, 1.807) is 25.2 Å². The van der Waals surface area contributed by atoms with Crippen LogP contribution in [0.25, 0.3) is 0 Å². The molecule has 0 unspecified atom stereocenters. The predicted molar refractivity (Wildman–Crippen MR) is 98.3 cm³/mol. The molecule has 0 radical (unpaired) electrons. The van der Waals surface area contributed by atoms with Gasteiger partial charge in [0.15, 0.2) is 11.5 Å². The summed E-state index contributed by atoms with van der Waals surface area (Å²) in [7, 11) is 1.60. The Bertz CT molecular complexity index is 594. The van der Waals surface area contributed by atoms with Gasteiger partial charge in [0.25, 0.3) is 5.91 Å². The van der Waals surface area contributed by atoms with Crippen LogP contribution in [0.2, 0.25) is 0 Å². The highest BCUT2D eigenvalue weighted by molar-refractivity contribution is 5.97. The monoisotopic (exact) mass is 350 g/mol. The summed E-state index contributed by atoms with van der Waals surface area (Å²) < 4.78 is 11.2. The zero-order valence-electron chi connectivity index (χ0n) is 16.1. The second-order valence-corrected chi connectivity index (χ2v) is 6.90. The number of hydrogen-bond acceptors (Lipinski definition) is 4. The van der Waals surface area contributed by atoms with E-state index in [0.717, 1.165) is 6.42 Å². The van der Waals surface area contributed by atoms with Crippen molar-refractivity contribution in [2.24, 2.45) is 0 Å². The average Bonchev–Trinajstić information content (AvgIpc) is 2.51. The van der Waals surface area contributed by atoms with E-state index in [4.69, 9.17) is 9.47 Å². The minimum absolute atomic E-state index is 0.00580. The quantitative estimate of drug-likeness (QED) is 0.783. The van der Waals surface area contributed by atoms with Crippen LogP contribution < -0.4 is 14.8 Å². The summed E-state index contributed by atoms with van der Waals surface area (Å²) in [6.07, 6.45) is 0.887. The fraction of sp³-hybridized carbons (Fsp3) is 0.579. The largest absolute Gasteiger partial charge is 0.490 e. The summed E-state index contributed by atoms with van der Waals surface area (Å²) in [6.45, 7) is 10.7. The van der Waals surface area contributed by atoms with Gasteiger partial charge in [0.05, 0.1) is 19.8 Å². The number of carbonyl (C=O) groups is 2. The molecule has 0 fully saturated rings. The number of hydrogen-bond donors (Lipinski definition) is 1. The van der Waals surface area contributed by atoms with Gasteiger partial charge < -0.3 is 19.7 Å². The molecule has 1 aromatic carbocycles. The lowest BCUT2D eigenvalue weighted by Gasteiger charge is -2.23. The first-order valence-electron chi connectivity index (χ1n) is 8.64. The number of likely N-dealkylation sites (N-methyl/N-ethyl adjacent to an activating group) is 1. The molecule has 0 bridgehead atoms. The van der Waals surface area contributed by atoms with Crippen molar-refractivity contribution in [2.45, 2.75) is 46.6 Å². The highest BCUT2D eigenvalue weighted by Gasteiger charge is 2.20. The molecule has 140 valence electrons. The van der Waals surface area contributed by atoms with Crippen LogP contribution in [0.4, 0.5) is 0 Å². The average molecular weight is 350 g/mol. The van der Waals surface area contributed by atoms with Crippen LogP contribution in [0, 0.1) is 0 Å². The van der Waals surface area contributed by atoms with E-state index in [9.17, 15) is 9.59 Å². The van der Waals surface area contributed by atoms with E-state index >= 15 is 0 Å². The SMILES string of the molecule is CCCOc1ccc(C(=O)N(C)CC(=O)NC(C)(C)C)cc1OCC. The van der Waals surface area contributed by atoms with Gasteiger partial charge in [-0.15, -0.1) is 0 Å². The smallest absolute Gasteiger partial charge is 0.254 e. The first kappa shape index (κ1) is 20.8. The molecule has 0 saturated carbocycles. The molecule has 0 spiro atoms. The van der Waals surface area contributed by atoms with Crippen molar-refractivity contribution in [3.63, 3.8) is 0 Å². The Morgan fingerprint density at radius 1 is 1.12 bits per heavy atom. The minimum atomic E-state index is -0.332. The molecule has 6 nitrogen and oxygen atoms in total. The van der Waals surface area contributed by atoms with Gasteiger partial charge in [-0.25, -0.2) is 0 Å². The molecule has 0 saturated heterocycles. The summed E-state index contributed by atoms with van der Waals surface area (Å²) in [6, 6.07) is 5.08. The van der Waals surface area contributed by atoms with Crippen LogP contribution in [-0.2, 0) is 4.79 Å². The van der Waals surface area contributed by atoms with Crippen LogP contribution in [0.5, 0.6) is 11.5 Å². The topological polar surface area (TPSA) is 67.9 Å². The van der Waals surface area contributed by atoms with E-state index in [-0.39, 0.29) is 23.9 Å². The van der Waals surface area contributed by atoms with Gasteiger partial charge >= 0.3 is 0 Å². The van der Waals surface area contributed by atoms with E-state index in [2.05, 4.69) is 5.32 Å². The van der Waals surface area contributed by atoms with Crippen molar-refractivity contribution < 1.29 is 19.1 Å². The van der Waals surface area contributed by atoms with E-state index in [1.807, 2.05) is 34.6 Å². The Hall–Kier alpha value is -2.24. The number of benzene rings is 1. The maximum absolute atomic E-state index is 12.6. The lowest BCUT2D eigenvalue weighted by Crippen LogP contribution is -2.46. The third-order valence-electron chi connectivity index (χ3n) is 3.19. The van der Waals surface area contributed by atoms with Crippen LogP contribution in [0.15, 0.2) is 18.2 Å². The number of nitrogens with one attached hydrogen (secondary N) is 1. The molecule has 2 amide bonds. The molecule has 1 rings (SSSR count). The van der Waals surface area contributed by atoms with Crippen molar-refractivity contribution in [1.82, 2.24) is 10.2 Å². The zero-order chi connectivity index (χ0) is 19.0. The van der Waals surface area contributed by atoms with Crippen molar-refractivity contribution in [3.8, 4) is 11.5 Å². The molecule has 0 aliphatic carbocycles. The number of amides is 2. The first-order valence-corrected chi connectivity index (χ1v) is 8.64. The van der Waals surface area contributed by atoms with Crippen LogP contribution >= 0.6 is 0 Å². The number of nitrogens with zero attached hydrogens (tertiary/aromatic N) is 1. The number of rotatable bonds is 8. The van der Waals surface area contributed by atoms with Gasteiger partial charge in [0.2, 0.25) is 5.91 Å². The lowest BCUT2D eigenvalue weighted by molar-refractivity contribution is -0.122. The van der Waals surface area contributed by atoms with Crippen molar-refractivity contribution >= 4 is 11.8 Å². The molecule has 0 aliphatic rings. The highest BCUT2D eigenvalue weighted by Crippen LogP contribution is 2.29. The van der Waals surface area contributed by atoms with Crippen molar-refractivity contribution in [2.75, 3.05) is 26.8 Å². The predicted octanol–water partition coefficient (Wildman–Crippen LogP) is 2.86. The highest BCUT2D eigenvalue weighted by atomic mass is 16.5. The maximum atomic E-state index is 12.6. The molecule has 1 aromatic rings. The molecular formula is C19H30N2O4. The Morgan fingerprint density at radius 3 is 2.36 bits per heavy atom. The molecule has 0 aromatic heterocycles. The molecule has 0 aliphatic heterocycles. The molecule has 1 N–H and O–H groups in total. The standard InChI is InChI=1S/C19H30N2O4/c1-7-11-25-15-10-9-14(12-16(15)24-8-2)18(23)21(6)13-17(22)20-19(3,4)5/h9-10,12H,7-8,11,13H2,1-6H3,(H,20,22). The van der Waals surface area contributed by atoms with Gasteiger partial charge in [0, 0.05) is 18.2 Å². The molecule has 0 atom stereocenters. The summed E-state index contributed by atoms with van der Waals surface area (Å²) in [5.41, 5.74) is 0.125. The van der Waals surface area contributed by atoms with Gasteiger partial charge in [0.1, 0.15) is 0 Å². The van der Waals surface area contributed by atoms with Gasteiger partial charge in [-0.2, -0.15) is 0 Å². The Kier molecular flexibility index (Phi) is 7.74. The third kappa shape index (κ3) is 7.03. The van der Waals surface area contributed by atoms with Crippen LogP contribution in [-0.4, -0.2) is 49.1 Å². The summed E-state index contributed by atoms with van der Waals surface area (Å²) >= 11 is 0. The number of ether oxygens (including phenoxy) is 2. The summed E-state index contributed by atoms with van der Waals surface area (Å²) in [4.78, 5) is 26.0. The second kappa shape index (κ2) is 9.30. The summed E-state index contributed by atoms with van der Waals surface area (Å²) in [5.74, 6) is 0.714. The molecule has 25 heavy (non-hydrogen) atoms.